The fraction of sp³-hybridized carbons (Fsp3) is 1.00. The highest BCUT2D eigenvalue weighted by Crippen LogP contribution is 2.12. The van der Waals surface area contributed by atoms with E-state index in [-0.39, 0.29) is 0 Å². The van der Waals surface area contributed by atoms with Crippen LogP contribution < -0.4 is 0 Å². The maximum absolute atomic E-state index is 4.21. The average molecular weight is 299 g/mol. The normalized spacial score (nSPS) is 10.9. The standard InChI is InChI=1S/C12H26S4/c1-2-7-14-9-4-11-16-12-5-10-15-8-3-6-13/h13H,2-12H2,1H3. The molecule has 0 aliphatic rings. The molecule has 0 unspecified atom stereocenters. The van der Waals surface area contributed by atoms with Gasteiger partial charge in [-0.15, -0.1) is 0 Å². The molecule has 16 heavy (non-hydrogen) atoms. The molecule has 0 atom stereocenters. The van der Waals surface area contributed by atoms with Crippen molar-refractivity contribution in [2.24, 2.45) is 0 Å². The highest BCUT2D eigenvalue weighted by molar-refractivity contribution is 8.00. The van der Waals surface area contributed by atoms with Crippen molar-refractivity contribution in [3.8, 4) is 0 Å². The lowest BCUT2D eigenvalue weighted by Crippen LogP contribution is -1.90. The molecule has 0 saturated heterocycles. The van der Waals surface area contributed by atoms with E-state index in [1.807, 2.05) is 0 Å². The van der Waals surface area contributed by atoms with Crippen LogP contribution in [0.1, 0.15) is 32.6 Å². The maximum atomic E-state index is 4.21. The molecule has 0 aliphatic carbocycles. The van der Waals surface area contributed by atoms with Gasteiger partial charge in [0.1, 0.15) is 0 Å². The minimum absolute atomic E-state index is 1.04. The Morgan fingerprint density at radius 3 is 1.56 bits per heavy atom. The molecular formula is C12H26S4. The molecule has 0 spiro atoms. The van der Waals surface area contributed by atoms with Crippen molar-refractivity contribution < 1.29 is 0 Å². The van der Waals surface area contributed by atoms with Crippen LogP contribution in [0.25, 0.3) is 0 Å². The van der Waals surface area contributed by atoms with Gasteiger partial charge in [-0.05, 0) is 66.0 Å². The highest BCUT2D eigenvalue weighted by atomic mass is 32.2. The Morgan fingerprint density at radius 1 is 0.688 bits per heavy atom. The predicted molar refractivity (Wildman–Crippen MR) is 90.0 cm³/mol. The molecule has 0 rings (SSSR count). The molecule has 0 bridgehead atoms. The second kappa shape index (κ2) is 16.4. The molecule has 0 fully saturated rings. The molecule has 98 valence electrons. The van der Waals surface area contributed by atoms with Gasteiger partial charge >= 0.3 is 0 Å². The predicted octanol–water partition coefficient (Wildman–Crippen LogP) is 4.70. The molecular weight excluding hydrogens is 272 g/mol. The smallest absolute Gasteiger partial charge is 0.00597 e. The monoisotopic (exact) mass is 298 g/mol. The molecule has 0 saturated carbocycles. The van der Waals surface area contributed by atoms with Crippen molar-refractivity contribution in [1.29, 1.82) is 0 Å². The van der Waals surface area contributed by atoms with E-state index in [0.29, 0.717) is 0 Å². The lowest BCUT2D eigenvalue weighted by molar-refractivity contribution is 1.07. The highest BCUT2D eigenvalue weighted by Gasteiger charge is 1.93. The zero-order valence-electron chi connectivity index (χ0n) is 10.5. The Bertz CT molecular complexity index is 106. The van der Waals surface area contributed by atoms with Crippen molar-refractivity contribution in [3.05, 3.63) is 0 Å². The number of thiol groups is 1. The average Bonchev–Trinajstić information content (AvgIpc) is 2.31. The second-order valence-electron chi connectivity index (χ2n) is 3.62. The first-order chi connectivity index (χ1) is 7.91. The van der Waals surface area contributed by atoms with Crippen LogP contribution in [0, 0.1) is 0 Å². The summed E-state index contributed by atoms with van der Waals surface area (Å²) in [6, 6.07) is 0. The van der Waals surface area contributed by atoms with Gasteiger partial charge in [-0.25, -0.2) is 0 Å². The summed E-state index contributed by atoms with van der Waals surface area (Å²) < 4.78 is 0. The summed E-state index contributed by atoms with van der Waals surface area (Å²) in [6.45, 7) is 2.26. The minimum atomic E-state index is 1.04. The molecule has 0 aromatic heterocycles. The Morgan fingerprint density at radius 2 is 1.12 bits per heavy atom. The fourth-order valence-electron chi connectivity index (χ4n) is 1.14. The van der Waals surface area contributed by atoms with E-state index in [2.05, 4.69) is 54.8 Å². The second-order valence-corrected chi connectivity index (χ2v) is 7.74. The molecule has 0 amide bonds. The third kappa shape index (κ3) is 15.4. The number of hydrogen-bond acceptors (Lipinski definition) is 4. The van der Waals surface area contributed by atoms with Crippen molar-refractivity contribution in [2.45, 2.75) is 32.6 Å². The van der Waals surface area contributed by atoms with Gasteiger partial charge < -0.3 is 0 Å². The quantitative estimate of drug-likeness (QED) is 0.387. The number of hydrogen-bond donors (Lipinski definition) is 1. The van der Waals surface area contributed by atoms with Gasteiger partial charge in [0.25, 0.3) is 0 Å². The van der Waals surface area contributed by atoms with E-state index in [1.54, 1.807) is 0 Å². The molecule has 0 nitrogen and oxygen atoms in total. The van der Waals surface area contributed by atoms with Gasteiger partial charge in [0.2, 0.25) is 0 Å². The van der Waals surface area contributed by atoms with Crippen molar-refractivity contribution in [3.63, 3.8) is 0 Å². The van der Waals surface area contributed by atoms with Crippen LogP contribution in [0.3, 0.4) is 0 Å². The summed E-state index contributed by atoms with van der Waals surface area (Å²) in [5.41, 5.74) is 0. The Labute approximate surface area is 120 Å². The van der Waals surface area contributed by atoms with Gasteiger partial charge in [-0.2, -0.15) is 47.9 Å². The molecule has 4 heteroatoms. The largest absolute Gasteiger partial charge is 0.179 e. The third-order valence-electron chi connectivity index (χ3n) is 1.95. The van der Waals surface area contributed by atoms with Crippen molar-refractivity contribution in [2.75, 3.05) is 40.3 Å². The van der Waals surface area contributed by atoms with E-state index in [0.717, 1.165) is 5.75 Å². The molecule has 0 aliphatic heterocycles. The van der Waals surface area contributed by atoms with Gasteiger partial charge in [0.15, 0.2) is 0 Å². The van der Waals surface area contributed by atoms with Crippen LogP contribution in [0.5, 0.6) is 0 Å². The van der Waals surface area contributed by atoms with Crippen molar-refractivity contribution >= 4 is 47.9 Å². The molecule has 0 radical (unpaired) electrons. The fourth-order valence-corrected chi connectivity index (χ4v) is 4.52. The van der Waals surface area contributed by atoms with E-state index in [4.69, 9.17) is 0 Å². The van der Waals surface area contributed by atoms with Crippen LogP contribution in [-0.2, 0) is 0 Å². The summed E-state index contributed by atoms with van der Waals surface area (Å²) in [4.78, 5) is 0. The maximum Gasteiger partial charge on any atom is -0.00597 e. The minimum Gasteiger partial charge on any atom is -0.179 e. The summed E-state index contributed by atoms with van der Waals surface area (Å²) in [7, 11) is 0. The molecule has 0 aromatic rings. The number of thioether (sulfide) groups is 3. The van der Waals surface area contributed by atoms with E-state index in [9.17, 15) is 0 Å². The van der Waals surface area contributed by atoms with Gasteiger partial charge in [-0.3, -0.25) is 0 Å². The first kappa shape index (κ1) is 17.4. The van der Waals surface area contributed by atoms with Gasteiger partial charge in [0, 0.05) is 0 Å². The van der Waals surface area contributed by atoms with E-state index >= 15 is 0 Å². The number of rotatable bonds is 13. The Hall–Kier alpha value is 1.40. The van der Waals surface area contributed by atoms with Crippen molar-refractivity contribution in [1.82, 2.24) is 0 Å². The summed E-state index contributed by atoms with van der Waals surface area (Å²) in [6.07, 6.45) is 5.35. The Balaban J connectivity index is 2.83. The van der Waals surface area contributed by atoms with E-state index in [1.165, 1.54) is 60.2 Å². The van der Waals surface area contributed by atoms with Crippen LogP contribution in [0.2, 0.25) is 0 Å². The van der Waals surface area contributed by atoms with E-state index < -0.39 is 0 Å². The summed E-state index contributed by atoms with van der Waals surface area (Å²) in [5, 5.41) is 0. The molecule has 0 N–H and O–H groups in total. The SMILES string of the molecule is CCCSCCCSCCCSCCCS. The molecule has 0 heterocycles. The Kier molecular flexibility index (Phi) is 17.8. The zero-order chi connectivity index (χ0) is 11.9. The lowest BCUT2D eigenvalue weighted by atomic mass is 10.6. The first-order valence-electron chi connectivity index (χ1n) is 6.26. The van der Waals surface area contributed by atoms with Crippen LogP contribution in [-0.4, -0.2) is 40.3 Å². The topological polar surface area (TPSA) is 0 Å². The van der Waals surface area contributed by atoms with Gasteiger partial charge in [-0.1, -0.05) is 6.92 Å². The lowest BCUT2D eigenvalue weighted by Gasteiger charge is -2.02. The van der Waals surface area contributed by atoms with Crippen LogP contribution >= 0.6 is 47.9 Å². The third-order valence-corrected chi connectivity index (χ3v) is 5.85. The first-order valence-corrected chi connectivity index (χ1v) is 10.4. The van der Waals surface area contributed by atoms with Crippen LogP contribution in [0.15, 0.2) is 0 Å². The van der Waals surface area contributed by atoms with Crippen LogP contribution in [0.4, 0.5) is 0 Å². The zero-order valence-corrected chi connectivity index (χ0v) is 13.8. The summed E-state index contributed by atoms with van der Waals surface area (Å²) >= 11 is 10.5. The molecule has 0 aromatic carbocycles. The summed E-state index contributed by atoms with van der Waals surface area (Å²) in [5.74, 6) is 9.08. The van der Waals surface area contributed by atoms with Gasteiger partial charge in [0.05, 0.1) is 0 Å².